The highest BCUT2D eigenvalue weighted by Crippen LogP contribution is 2.70. The number of rotatable bonds is 4. The Morgan fingerprint density at radius 3 is 1.37 bits per heavy atom. The van der Waals surface area contributed by atoms with Gasteiger partial charge in [-0.15, -0.1) is 0 Å². The maximum absolute atomic E-state index is 13.3. The first-order chi connectivity index (χ1) is 23.0. The standard InChI is InChI=1S/C43H64O6/c1-38-21-26(36(44)19-28(38)7-9-30-32(38)11-15-40(3)34(30)13-17-42(40,5)46)23-48-25-49-24-27-22-39(2)29(20-37(27)45)8-10-31-33(39)12-16-41(4)35(31)14-18-43(41,6)47/h23-24,28-35,46-47H,7-22,25H2,1-6H3/b26-23-,27-24-. The van der Waals surface area contributed by atoms with E-state index in [1.54, 1.807) is 12.5 Å². The van der Waals surface area contributed by atoms with E-state index in [-0.39, 0.29) is 40.0 Å². The van der Waals surface area contributed by atoms with E-state index in [1.807, 2.05) is 0 Å². The summed E-state index contributed by atoms with van der Waals surface area (Å²) in [5.41, 5.74) is 0.582. The smallest absolute Gasteiger partial charge is 0.229 e. The first kappa shape index (κ1) is 34.4. The van der Waals surface area contributed by atoms with Gasteiger partial charge in [0, 0.05) is 24.0 Å². The van der Waals surface area contributed by atoms with Crippen LogP contribution in [0.4, 0.5) is 0 Å². The van der Waals surface area contributed by atoms with E-state index in [4.69, 9.17) is 9.47 Å². The molecule has 14 unspecified atom stereocenters. The first-order valence-electron chi connectivity index (χ1n) is 20.2. The molecule has 8 saturated carbocycles. The van der Waals surface area contributed by atoms with Gasteiger partial charge in [0.15, 0.2) is 11.6 Å². The van der Waals surface area contributed by atoms with E-state index in [0.717, 1.165) is 88.2 Å². The zero-order valence-electron chi connectivity index (χ0n) is 31.3. The fourth-order valence-electron chi connectivity index (χ4n) is 15.0. The highest BCUT2D eigenvalue weighted by molar-refractivity contribution is 5.97. The molecule has 8 rings (SSSR count). The molecule has 0 aromatic rings. The summed E-state index contributed by atoms with van der Waals surface area (Å²) in [5, 5.41) is 22.6. The third kappa shape index (κ3) is 4.90. The lowest BCUT2D eigenvalue weighted by Crippen LogP contribution is -2.56. The van der Waals surface area contributed by atoms with Gasteiger partial charge >= 0.3 is 0 Å². The molecule has 0 radical (unpaired) electrons. The minimum Gasteiger partial charge on any atom is -0.465 e. The normalized spacial score (nSPS) is 55.2. The number of fused-ring (bicyclic) bond motifs is 10. The van der Waals surface area contributed by atoms with Gasteiger partial charge in [-0.3, -0.25) is 9.59 Å². The van der Waals surface area contributed by atoms with E-state index in [9.17, 15) is 19.8 Å². The van der Waals surface area contributed by atoms with Gasteiger partial charge in [-0.2, -0.15) is 0 Å². The van der Waals surface area contributed by atoms with Gasteiger partial charge in [0.05, 0.1) is 23.7 Å². The molecule has 0 saturated heterocycles. The second kappa shape index (κ2) is 11.4. The van der Waals surface area contributed by atoms with Gasteiger partial charge in [0.25, 0.3) is 0 Å². The molecule has 0 spiro atoms. The fraction of sp³-hybridized carbons (Fsp3) is 0.860. The lowest BCUT2D eigenvalue weighted by molar-refractivity contribution is -0.147. The molecule has 0 aromatic carbocycles. The summed E-state index contributed by atoms with van der Waals surface area (Å²) in [7, 11) is 0. The topological polar surface area (TPSA) is 93.1 Å². The highest BCUT2D eigenvalue weighted by Gasteiger charge is 2.65. The van der Waals surface area contributed by atoms with Crippen LogP contribution in [0, 0.1) is 69.0 Å². The number of ether oxygens (including phenoxy) is 2. The molecule has 8 aliphatic carbocycles. The van der Waals surface area contributed by atoms with Crippen molar-refractivity contribution in [3.05, 3.63) is 23.7 Å². The Kier molecular flexibility index (Phi) is 8.02. The average Bonchev–Trinajstić information content (AvgIpc) is 3.44. The van der Waals surface area contributed by atoms with E-state index >= 15 is 0 Å². The maximum atomic E-state index is 13.3. The number of allylic oxidation sites excluding steroid dienone is 2. The molecule has 8 aliphatic rings. The summed E-state index contributed by atoms with van der Waals surface area (Å²) in [6, 6.07) is 0. The van der Waals surface area contributed by atoms with Crippen molar-refractivity contribution in [3.63, 3.8) is 0 Å². The van der Waals surface area contributed by atoms with Crippen molar-refractivity contribution in [2.45, 2.75) is 155 Å². The molecule has 6 nitrogen and oxygen atoms in total. The number of carbonyl (C=O) groups excluding carboxylic acids is 2. The Bertz CT molecular complexity index is 1330. The lowest BCUT2D eigenvalue weighted by atomic mass is 9.44. The highest BCUT2D eigenvalue weighted by atomic mass is 16.7. The molecule has 0 aliphatic heterocycles. The molecular weight excluding hydrogens is 612 g/mol. The van der Waals surface area contributed by atoms with Crippen molar-refractivity contribution >= 4 is 11.6 Å². The second-order valence-corrected chi connectivity index (χ2v) is 20.2. The van der Waals surface area contributed by atoms with Crippen LogP contribution in [0.2, 0.25) is 0 Å². The number of aliphatic hydroxyl groups is 2. The number of ketones is 2. The minimum absolute atomic E-state index is 0.00204. The Morgan fingerprint density at radius 1 is 0.571 bits per heavy atom. The predicted octanol–water partition coefficient (Wildman–Crippen LogP) is 8.69. The van der Waals surface area contributed by atoms with E-state index in [0.29, 0.717) is 60.2 Å². The summed E-state index contributed by atoms with van der Waals surface area (Å²) >= 11 is 0. The predicted molar refractivity (Wildman–Crippen MR) is 189 cm³/mol. The quantitative estimate of drug-likeness (QED) is 0.134. The van der Waals surface area contributed by atoms with Crippen molar-refractivity contribution < 1.29 is 29.3 Å². The SMILES string of the molecule is CC12C/C(=C/OCO/C=C3/CC4(C)C(CCC5C4CCC4(C)C5CCC4(C)O)CC3=O)C(=O)CC1CCC1C2CCC2(C)C1CCC2(C)O. The molecule has 49 heavy (non-hydrogen) atoms. The van der Waals surface area contributed by atoms with E-state index in [1.165, 1.54) is 12.8 Å². The van der Waals surface area contributed by atoms with Crippen molar-refractivity contribution in [1.29, 1.82) is 0 Å². The van der Waals surface area contributed by atoms with Gasteiger partial charge in [-0.25, -0.2) is 0 Å². The second-order valence-electron chi connectivity index (χ2n) is 20.2. The van der Waals surface area contributed by atoms with Crippen LogP contribution in [0.5, 0.6) is 0 Å². The first-order valence-corrected chi connectivity index (χ1v) is 20.2. The van der Waals surface area contributed by atoms with E-state index < -0.39 is 11.2 Å². The Labute approximate surface area is 295 Å². The maximum Gasteiger partial charge on any atom is 0.229 e. The summed E-state index contributed by atoms with van der Waals surface area (Å²) in [4.78, 5) is 26.7. The van der Waals surface area contributed by atoms with Gasteiger partial charge in [-0.05, 0) is 173 Å². The van der Waals surface area contributed by atoms with Crippen LogP contribution >= 0.6 is 0 Å². The molecule has 0 heterocycles. The van der Waals surface area contributed by atoms with Crippen LogP contribution in [0.15, 0.2) is 23.7 Å². The van der Waals surface area contributed by atoms with Gasteiger partial charge in [-0.1, -0.05) is 27.7 Å². The van der Waals surface area contributed by atoms with Gasteiger partial charge in [0.2, 0.25) is 6.79 Å². The van der Waals surface area contributed by atoms with E-state index in [2.05, 4.69) is 41.5 Å². The van der Waals surface area contributed by atoms with Crippen LogP contribution in [-0.2, 0) is 19.1 Å². The zero-order valence-corrected chi connectivity index (χ0v) is 31.3. The van der Waals surface area contributed by atoms with Crippen molar-refractivity contribution in [2.75, 3.05) is 6.79 Å². The van der Waals surface area contributed by atoms with Gasteiger partial charge < -0.3 is 19.7 Å². The fourth-order valence-corrected chi connectivity index (χ4v) is 15.0. The van der Waals surface area contributed by atoms with Gasteiger partial charge in [0.1, 0.15) is 0 Å². The summed E-state index contributed by atoms with van der Waals surface area (Å²) < 4.78 is 11.8. The molecule has 0 amide bonds. The largest absolute Gasteiger partial charge is 0.465 e. The summed E-state index contributed by atoms with van der Waals surface area (Å²) in [6.07, 6.45) is 19.1. The molecule has 8 fully saturated rings. The molecule has 272 valence electrons. The zero-order chi connectivity index (χ0) is 34.8. The number of Topliss-reactive ketones (excluding diaryl/α,β-unsaturated/α-hetero) is 2. The van der Waals surface area contributed by atoms with Crippen LogP contribution in [-0.4, -0.2) is 39.8 Å². The number of hydrogen-bond donors (Lipinski definition) is 2. The van der Waals surface area contributed by atoms with Crippen LogP contribution < -0.4 is 0 Å². The number of carbonyl (C=O) groups is 2. The third-order valence-corrected chi connectivity index (χ3v) is 18.6. The van der Waals surface area contributed by atoms with Crippen molar-refractivity contribution in [2.24, 2.45) is 69.0 Å². The van der Waals surface area contributed by atoms with Crippen LogP contribution in [0.3, 0.4) is 0 Å². The average molecular weight is 677 g/mol. The van der Waals surface area contributed by atoms with Crippen molar-refractivity contribution in [1.82, 2.24) is 0 Å². The van der Waals surface area contributed by atoms with Crippen LogP contribution in [0.25, 0.3) is 0 Å². The molecule has 2 N–H and O–H groups in total. The lowest BCUT2D eigenvalue weighted by Gasteiger charge is -2.61. The molecule has 14 atom stereocenters. The summed E-state index contributed by atoms with van der Waals surface area (Å²) in [5.74, 6) is 4.82. The Balaban J connectivity index is 0.912. The molecule has 0 bridgehead atoms. The summed E-state index contributed by atoms with van der Waals surface area (Å²) in [6.45, 7) is 13.7. The van der Waals surface area contributed by atoms with Crippen molar-refractivity contribution in [3.8, 4) is 0 Å². The monoisotopic (exact) mass is 676 g/mol. The third-order valence-electron chi connectivity index (χ3n) is 18.6. The molecule has 6 heteroatoms. The minimum atomic E-state index is -0.575. The Hall–Kier alpha value is -1.66. The molecule has 0 aromatic heterocycles. The molecular formula is C43H64O6. The van der Waals surface area contributed by atoms with Crippen LogP contribution in [0.1, 0.15) is 144 Å². The number of hydrogen-bond acceptors (Lipinski definition) is 6. The Morgan fingerprint density at radius 2 is 0.959 bits per heavy atom.